The van der Waals surface area contributed by atoms with Crippen molar-refractivity contribution < 1.29 is 9.18 Å². The number of hydrogen-bond donors (Lipinski definition) is 2. The van der Waals surface area contributed by atoms with Gasteiger partial charge in [0.25, 0.3) is 0 Å². The lowest BCUT2D eigenvalue weighted by atomic mass is 9.87. The van der Waals surface area contributed by atoms with Crippen LogP contribution < -0.4 is 11.1 Å². The van der Waals surface area contributed by atoms with E-state index in [0.717, 1.165) is 49.9 Å². The molecule has 1 aliphatic heterocycles. The highest BCUT2D eigenvalue weighted by Crippen LogP contribution is 2.31. The van der Waals surface area contributed by atoms with Crippen LogP contribution >= 0.6 is 24.8 Å². The molecule has 2 aromatic rings. The van der Waals surface area contributed by atoms with E-state index in [-0.39, 0.29) is 48.6 Å². The molecule has 29 heavy (non-hydrogen) atoms. The Labute approximate surface area is 183 Å². The monoisotopic (exact) mass is 439 g/mol. The predicted molar refractivity (Wildman–Crippen MR) is 119 cm³/mol. The molecule has 0 spiro atoms. The van der Waals surface area contributed by atoms with E-state index in [1.807, 2.05) is 12.1 Å². The van der Waals surface area contributed by atoms with Gasteiger partial charge >= 0.3 is 0 Å². The summed E-state index contributed by atoms with van der Waals surface area (Å²) in [5, 5.41) is 3.28. The number of likely N-dealkylation sites (tertiary alicyclic amines) is 1. The minimum Gasteiger partial charge on any atom is -0.399 e. The first-order valence-corrected chi connectivity index (χ1v) is 9.77. The van der Waals surface area contributed by atoms with Crippen molar-refractivity contribution in [2.45, 2.75) is 50.7 Å². The van der Waals surface area contributed by atoms with Gasteiger partial charge in [-0.05, 0) is 79.6 Å². The fraction of sp³-hybridized carbons (Fsp3) is 0.409. The molecule has 7 heteroatoms. The molecular formula is C22H28Cl2FN3O. The molecule has 2 atom stereocenters. The van der Waals surface area contributed by atoms with Crippen molar-refractivity contribution in [1.29, 1.82) is 0 Å². The number of halogens is 3. The number of anilines is 1. The summed E-state index contributed by atoms with van der Waals surface area (Å²) in [7, 11) is 0. The summed E-state index contributed by atoms with van der Waals surface area (Å²) >= 11 is 0. The van der Waals surface area contributed by atoms with Gasteiger partial charge in [-0.15, -0.1) is 24.8 Å². The molecule has 3 N–H and O–H groups in total. The van der Waals surface area contributed by atoms with Gasteiger partial charge in [-0.3, -0.25) is 9.69 Å². The maximum absolute atomic E-state index is 13.1. The smallest absolute Gasteiger partial charge is 0.237 e. The standard InChI is InChI=1S/C22H26FN3O.2ClH/c23-17-8-6-15(7-9-17)14-26-12-2-5-21(26)22(27)25-20-4-1-3-16-13-18(24)10-11-19(16)20;;/h6-11,13,20-21H,1-5,12,14,24H2,(H,25,27);2*1H. The summed E-state index contributed by atoms with van der Waals surface area (Å²) < 4.78 is 13.1. The van der Waals surface area contributed by atoms with Crippen LogP contribution in [0.1, 0.15) is 48.4 Å². The quantitative estimate of drug-likeness (QED) is 0.693. The third kappa shape index (κ3) is 5.41. The summed E-state index contributed by atoms with van der Waals surface area (Å²) in [4.78, 5) is 15.2. The van der Waals surface area contributed by atoms with E-state index in [2.05, 4.69) is 16.3 Å². The molecule has 0 bridgehead atoms. The average molecular weight is 440 g/mol. The van der Waals surface area contributed by atoms with E-state index < -0.39 is 0 Å². The topological polar surface area (TPSA) is 58.4 Å². The normalized spacial score (nSPS) is 20.9. The third-order valence-electron chi connectivity index (χ3n) is 5.76. The van der Waals surface area contributed by atoms with Crippen LogP contribution in [0.3, 0.4) is 0 Å². The molecule has 0 aromatic heterocycles. The number of fused-ring (bicyclic) bond motifs is 1. The number of carbonyl (C=O) groups excluding carboxylic acids is 1. The summed E-state index contributed by atoms with van der Waals surface area (Å²) in [5.74, 6) is -0.129. The Kier molecular flexibility index (Phi) is 8.32. The fourth-order valence-corrected chi connectivity index (χ4v) is 4.39. The van der Waals surface area contributed by atoms with Crippen LogP contribution in [0.5, 0.6) is 0 Å². The zero-order chi connectivity index (χ0) is 18.8. The number of benzene rings is 2. The van der Waals surface area contributed by atoms with Gasteiger partial charge in [-0.2, -0.15) is 0 Å². The second-order valence-corrected chi connectivity index (χ2v) is 7.67. The number of aryl methyl sites for hydroxylation is 1. The van der Waals surface area contributed by atoms with Crippen molar-refractivity contribution in [2.24, 2.45) is 0 Å². The number of hydrogen-bond acceptors (Lipinski definition) is 3. The summed E-state index contributed by atoms with van der Waals surface area (Å²) in [6, 6.07) is 12.5. The highest BCUT2D eigenvalue weighted by atomic mass is 35.5. The molecular weight excluding hydrogens is 412 g/mol. The van der Waals surface area contributed by atoms with Crippen molar-refractivity contribution in [2.75, 3.05) is 12.3 Å². The van der Waals surface area contributed by atoms with E-state index in [1.165, 1.54) is 23.3 Å². The summed E-state index contributed by atoms with van der Waals surface area (Å²) in [5.41, 5.74) is 10.2. The summed E-state index contributed by atoms with van der Waals surface area (Å²) in [6.07, 6.45) is 4.93. The number of nitrogens with zero attached hydrogens (tertiary/aromatic N) is 1. The van der Waals surface area contributed by atoms with Crippen molar-refractivity contribution >= 4 is 36.4 Å². The SMILES string of the molecule is Cl.Cl.Nc1ccc2c(c1)CCCC2NC(=O)C1CCCN1Cc1ccc(F)cc1. The van der Waals surface area contributed by atoms with Crippen LogP contribution in [0.15, 0.2) is 42.5 Å². The zero-order valence-corrected chi connectivity index (χ0v) is 17.9. The summed E-state index contributed by atoms with van der Waals surface area (Å²) in [6.45, 7) is 1.57. The van der Waals surface area contributed by atoms with Gasteiger partial charge in [0, 0.05) is 12.2 Å². The van der Waals surface area contributed by atoms with Crippen LogP contribution in [0.2, 0.25) is 0 Å². The molecule has 4 nitrogen and oxygen atoms in total. The Morgan fingerprint density at radius 3 is 2.62 bits per heavy atom. The average Bonchev–Trinajstić information content (AvgIpc) is 3.12. The second kappa shape index (κ2) is 10.3. The van der Waals surface area contributed by atoms with E-state index in [9.17, 15) is 9.18 Å². The Morgan fingerprint density at radius 2 is 1.86 bits per heavy atom. The molecule has 158 valence electrons. The maximum atomic E-state index is 13.1. The molecule has 0 radical (unpaired) electrons. The number of carbonyl (C=O) groups is 1. The molecule has 1 saturated heterocycles. The first-order chi connectivity index (χ1) is 13.1. The first kappa shape index (κ1) is 23.5. The molecule has 2 unspecified atom stereocenters. The van der Waals surface area contributed by atoms with E-state index in [0.29, 0.717) is 6.54 Å². The van der Waals surface area contributed by atoms with Crippen LogP contribution in [0.4, 0.5) is 10.1 Å². The molecule has 0 saturated carbocycles. The highest BCUT2D eigenvalue weighted by Gasteiger charge is 2.32. The number of nitrogen functional groups attached to an aromatic ring is 1. The lowest BCUT2D eigenvalue weighted by molar-refractivity contribution is -0.126. The number of amides is 1. The van der Waals surface area contributed by atoms with Gasteiger partial charge in [0.05, 0.1) is 12.1 Å². The molecule has 1 heterocycles. The maximum Gasteiger partial charge on any atom is 0.237 e. The van der Waals surface area contributed by atoms with Crippen LogP contribution in [-0.4, -0.2) is 23.4 Å². The van der Waals surface area contributed by atoms with Crippen molar-refractivity contribution in [1.82, 2.24) is 10.2 Å². The molecule has 1 amide bonds. The van der Waals surface area contributed by atoms with Crippen LogP contribution in [0, 0.1) is 5.82 Å². The molecule has 1 fully saturated rings. The van der Waals surface area contributed by atoms with Gasteiger partial charge < -0.3 is 11.1 Å². The Morgan fingerprint density at radius 1 is 1.10 bits per heavy atom. The molecule has 2 aromatic carbocycles. The van der Waals surface area contributed by atoms with E-state index >= 15 is 0 Å². The minimum absolute atomic E-state index is 0. The third-order valence-corrected chi connectivity index (χ3v) is 5.76. The van der Waals surface area contributed by atoms with Gasteiger partial charge in [0.15, 0.2) is 0 Å². The largest absolute Gasteiger partial charge is 0.399 e. The first-order valence-electron chi connectivity index (χ1n) is 9.77. The Bertz CT molecular complexity index is 831. The van der Waals surface area contributed by atoms with Crippen molar-refractivity contribution in [3.63, 3.8) is 0 Å². The Balaban J connectivity index is 0.00000150. The van der Waals surface area contributed by atoms with Gasteiger partial charge in [0.2, 0.25) is 5.91 Å². The van der Waals surface area contributed by atoms with Gasteiger partial charge in [-0.25, -0.2) is 4.39 Å². The van der Waals surface area contributed by atoms with Gasteiger partial charge in [-0.1, -0.05) is 18.2 Å². The van der Waals surface area contributed by atoms with Crippen molar-refractivity contribution in [3.8, 4) is 0 Å². The zero-order valence-electron chi connectivity index (χ0n) is 16.3. The fourth-order valence-electron chi connectivity index (χ4n) is 4.39. The number of rotatable bonds is 4. The second-order valence-electron chi connectivity index (χ2n) is 7.67. The lowest BCUT2D eigenvalue weighted by Gasteiger charge is -2.30. The number of nitrogens with one attached hydrogen (secondary N) is 1. The lowest BCUT2D eigenvalue weighted by Crippen LogP contribution is -2.44. The minimum atomic E-state index is -0.230. The van der Waals surface area contributed by atoms with E-state index in [4.69, 9.17) is 5.73 Å². The highest BCUT2D eigenvalue weighted by molar-refractivity contribution is 5.85. The van der Waals surface area contributed by atoms with Crippen LogP contribution in [-0.2, 0) is 17.8 Å². The van der Waals surface area contributed by atoms with Gasteiger partial charge in [0.1, 0.15) is 5.82 Å². The van der Waals surface area contributed by atoms with Crippen LogP contribution in [0.25, 0.3) is 0 Å². The van der Waals surface area contributed by atoms with Crippen molar-refractivity contribution in [3.05, 3.63) is 65.0 Å². The predicted octanol–water partition coefficient (Wildman–Crippen LogP) is 4.41. The molecule has 4 rings (SSSR count). The molecule has 2 aliphatic rings. The number of nitrogens with two attached hydrogens (primary N) is 1. The molecule has 1 aliphatic carbocycles. The Hall–Kier alpha value is -1.82. The van der Waals surface area contributed by atoms with E-state index in [1.54, 1.807) is 12.1 Å².